The Hall–Kier alpha value is -3.14. The van der Waals surface area contributed by atoms with Crippen LogP contribution in [-0.4, -0.2) is 15.7 Å². The summed E-state index contributed by atoms with van der Waals surface area (Å²) < 4.78 is 1.74. The minimum absolute atomic E-state index is 0.162. The third kappa shape index (κ3) is 3.74. The van der Waals surface area contributed by atoms with Gasteiger partial charge in [0.2, 0.25) is 5.91 Å². The minimum Gasteiger partial charge on any atom is -0.322 e. The van der Waals surface area contributed by atoms with E-state index >= 15 is 0 Å². The third-order valence-electron chi connectivity index (χ3n) is 3.43. The lowest BCUT2D eigenvalue weighted by molar-refractivity contribution is -0.111. The van der Waals surface area contributed by atoms with Crippen LogP contribution in [0, 0.1) is 0 Å². The van der Waals surface area contributed by atoms with Crippen molar-refractivity contribution in [2.75, 3.05) is 5.32 Å². The van der Waals surface area contributed by atoms with E-state index in [1.165, 1.54) is 6.08 Å². The quantitative estimate of drug-likeness (QED) is 0.746. The Kier molecular flexibility index (Phi) is 4.34. The van der Waals surface area contributed by atoms with Crippen LogP contribution in [0.3, 0.4) is 0 Å². The molecule has 1 aromatic heterocycles. The number of aromatic nitrogens is 2. The van der Waals surface area contributed by atoms with Crippen molar-refractivity contribution in [1.29, 1.82) is 0 Å². The molecule has 0 radical (unpaired) electrons. The van der Waals surface area contributed by atoms with Gasteiger partial charge in [-0.1, -0.05) is 48.5 Å². The summed E-state index contributed by atoms with van der Waals surface area (Å²) in [5, 5.41) is 7.10. The highest BCUT2D eigenvalue weighted by Crippen LogP contribution is 2.27. The lowest BCUT2D eigenvalue weighted by Crippen LogP contribution is -2.08. The highest BCUT2D eigenvalue weighted by atomic mass is 16.1. The topological polar surface area (TPSA) is 46.9 Å². The average molecular weight is 303 g/mol. The Labute approximate surface area is 135 Å². The van der Waals surface area contributed by atoms with Gasteiger partial charge in [0.05, 0.1) is 6.20 Å². The van der Waals surface area contributed by atoms with Crippen LogP contribution in [0.4, 0.5) is 5.69 Å². The smallest absolute Gasteiger partial charge is 0.248 e. The molecule has 0 aliphatic carbocycles. The maximum absolute atomic E-state index is 12.2. The number of anilines is 1. The highest BCUT2D eigenvalue weighted by molar-refractivity contribution is 6.04. The van der Waals surface area contributed by atoms with Crippen LogP contribution >= 0.6 is 0 Å². The Morgan fingerprint density at radius 2 is 1.83 bits per heavy atom. The third-order valence-corrected chi connectivity index (χ3v) is 3.43. The Balaban J connectivity index is 1.78. The van der Waals surface area contributed by atoms with Crippen molar-refractivity contribution in [3.8, 4) is 11.1 Å². The first-order valence-corrected chi connectivity index (χ1v) is 7.34. The molecule has 3 rings (SSSR count). The van der Waals surface area contributed by atoms with Gasteiger partial charge in [-0.05, 0) is 17.7 Å². The van der Waals surface area contributed by atoms with Crippen LogP contribution in [-0.2, 0) is 11.8 Å². The van der Waals surface area contributed by atoms with Gasteiger partial charge in [0.1, 0.15) is 0 Å². The molecule has 0 bridgehead atoms. The van der Waals surface area contributed by atoms with Crippen LogP contribution in [0.1, 0.15) is 5.56 Å². The second-order valence-electron chi connectivity index (χ2n) is 5.18. The van der Waals surface area contributed by atoms with Crippen molar-refractivity contribution in [3.05, 3.63) is 78.6 Å². The maximum atomic E-state index is 12.2. The number of hydrogen-bond acceptors (Lipinski definition) is 2. The van der Waals surface area contributed by atoms with Gasteiger partial charge in [-0.2, -0.15) is 5.10 Å². The number of amides is 1. The Morgan fingerprint density at radius 1 is 1.09 bits per heavy atom. The largest absolute Gasteiger partial charge is 0.322 e. The van der Waals surface area contributed by atoms with E-state index in [-0.39, 0.29) is 5.91 Å². The van der Waals surface area contributed by atoms with Crippen molar-refractivity contribution in [3.63, 3.8) is 0 Å². The van der Waals surface area contributed by atoms with Crippen LogP contribution in [0.25, 0.3) is 17.2 Å². The summed E-state index contributed by atoms with van der Waals surface area (Å²) >= 11 is 0. The van der Waals surface area contributed by atoms with E-state index < -0.39 is 0 Å². The summed E-state index contributed by atoms with van der Waals surface area (Å²) in [7, 11) is 1.87. The molecule has 0 saturated heterocycles. The molecule has 4 nitrogen and oxygen atoms in total. The highest BCUT2D eigenvalue weighted by Gasteiger charge is 2.08. The summed E-state index contributed by atoms with van der Waals surface area (Å²) in [4.78, 5) is 12.2. The molecule has 23 heavy (non-hydrogen) atoms. The van der Waals surface area contributed by atoms with Crippen LogP contribution in [0.2, 0.25) is 0 Å². The predicted molar refractivity (Wildman–Crippen MR) is 92.7 cm³/mol. The number of aryl methyl sites for hydroxylation is 1. The molecule has 3 aromatic rings. The van der Waals surface area contributed by atoms with Crippen LogP contribution in [0.15, 0.2) is 73.1 Å². The van der Waals surface area contributed by atoms with Gasteiger partial charge in [-0.15, -0.1) is 0 Å². The van der Waals surface area contributed by atoms with Crippen LogP contribution < -0.4 is 5.32 Å². The van der Waals surface area contributed by atoms with E-state index in [9.17, 15) is 4.79 Å². The zero-order chi connectivity index (χ0) is 16.1. The lowest BCUT2D eigenvalue weighted by atomic mass is 10.1. The summed E-state index contributed by atoms with van der Waals surface area (Å²) in [6.07, 6.45) is 7.03. The number of rotatable bonds is 4. The number of benzene rings is 2. The standard InChI is InChI=1S/C19H17N3O/c1-22-14-16(13-20-22)17-9-5-6-10-18(17)21-19(23)12-11-15-7-3-2-4-8-15/h2-14H,1H3,(H,21,23)/b12-11+. The maximum Gasteiger partial charge on any atom is 0.248 e. The summed E-state index contributed by atoms with van der Waals surface area (Å²) in [6, 6.07) is 17.4. The molecule has 1 heterocycles. The van der Waals surface area contributed by atoms with Crippen molar-refractivity contribution >= 4 is 17.7 Å². The van der Waals surface area contributed by atoms with Gasteiger partial charge in [0.15, 0.2) is 0 Å². The molecular weight excluding hydrogens is 286 g/mol. The molecule has 2 aromatic carbocycles. The van der Waals surface area contributed by atoms with E-state index in [0.29, 0.717) is 0 Å². The predicted octanol–water partition coefficient (Wildman–Crippen LogP) is 3.74. The normalized spacial score (nSPS) is 10.8. The monoisotopic (exact) mass is 303 g/mol. The number of carbonyl (C=O) groups is 1. The van der Waals surface area contributed by atoms with Crippen molar-refractivity contribution in [2.24, 2.45) is 7.05 Å². The van der Waals surface area contributed by atoms with Gasteiger partial charge < -0.3 is 5.32 Å². The number of hydrogen-bond donors (Lipinski definition) is 1. The molecule has 0 unspecified atom stereocenters. The van der Waals surface area contributed by atoms with E-state index in [4.69, 9.17) is 0 Å². The first-order valence-electron chi connectivity index (χ1n) is 7.34. The first kappa shape index (κ1) is 14.8. The molecule has 4 heteroatoms. The van der Waals surface area contributed by atoms with Crippen molar-refractivity contribution in [2.45, 2.75) is 0 Å². The SMILES string of the molecule is Cn1cc(-c2ccccc2NC(=O)/C=C/c2ccccc2)cn1. The summed E-state index contributed by atoms with van der Waals surface area (Å²) in [5.41, 5.74) is 3.67. The molecule has 114 valence electrons. The van der Waals surface area contributed by atoms with Crippen LogP contribution in [0.5, 0.6) is 0 Å². The number of nitrogens with one attached hydrogen (secondary N) is 1. The second-order valence-corrected chi connectivity index (χ2v) is 5.18. The molecule has 0 aliphatic rings. The Morgan fingerprint density at radius 3 is 2.57 bits per heavy atom. The van der Waals surface area contributed by atoms with Crippen molar-refractivity contribution < 1.29 is 4.79 Å². The number of para-hydroxylation sites is 1. The average Bonchev–Trinajstić information content (AvgIpc) is 3.01. The van der Waals surface area contributed by atoms with Crippen molar-refractivity contribution in [1.82, 2.24) is 9.78 Å². The van der Waals surface area contributed by atoms with E-state index in [2.05, 4.69) is 10.4 Å². The van der Waals surface area contributed by atoms with Gasteiger partial charge in [-0.3, -0.25) is 9.48 Å². The van der Waals surface area contributed by atoms with E-state index in [1.54, 1.807) is 17.0 Å². The molecule has 1 amide bonds. The molecule has 0 fully saturated rings. The van der Waals surface area contributed by atoms with E-state index in [1.807, 2.05) is 67.8 Å². The zero-order valence-corrected chi connectivity index (χ0v) is 12.8. The molecule has 0 aliphatic heterocycles. The van der Waals surface area contributed by atoms with Gasteiger partial charge >= 0.3 is 0 Å². The second kappa shape index (κ2) is 6.75. The van der Waals surface area contributed by atoms with Gasteiger partial charge in [0, 0.05) is 36.1 Å². The zero-order valence-electron chi connectivity index (χ0n) is 12.8. The van der Waals surface area contributed by atoms with Gasteiger partial charge in [0.25, 0.3) is 0 Å². The fraction of sp³-hybridized carbons (Fsp3) is 0.0526. The molecule has 0 atom stereocenters. The fourth-order valence-electron chi connectivity index (χ4n) is 2.31. The minimum atomic E-state index is -0.162. The number of nitrogens with zero attached hydrogens (tertiary/aromatic N) is 2. The summed E-state index contributed by atoms with van der Waals surface area (Å²) in [6.45, 7) is 0. The lowest BCUT2D eigenvalue weighted by Gasteiger charge is -2.08. The molecule has 0 saturated carbocycles. The molecule has 0 spiro atoms. The first-order chi connectivity index (χ1) is 11.2. The van der Waals surface area contributed by atoms with E-state index in [0.717, 1.165) is 22.4 Å². The molecule has 1 N–H and O–H groups in total. The van der Waals surface area contributed by atoms with Gasteiger partial charge in [-0.25, -0.2) is 0 Å². The number of carbonyl (C=O) groups excluding carboxylic acids is 1. The summed E-state index contributed by atoms with van der Waals surface area (Å²) in [5.74, 6) is -0.162. The Bertz CT molecular complexity index is 835. The fourth-order valence-corrected chi connectivity index (χ4v) is 2.31. The molecular formula is C19H17N3O.